The summed E-state index contributed by atoms with van der Waals surface area (Å²) in [4.78, 5) is 51.9. The minimum absolute atomic E-state index is 0.00483. The molecule has 1 N–H and O–H groups in total. The van der Waals surface area contributed by atoms with Crippen LogP contribution in [0.25, 0.3) is 11.0 Å². The summed E-state index contributed by atoms with van der Waals surface area (Å²) >= 11 is 0. The number of benzene rings is 1. The number of amides is 2. The van der Waals surface area contributed by atoms with Gasteiger partial charge in [-0.1, -0.05) is 39.0 Å². The van der Waals surface area contributed by atoms with Gasteiger partial charge in [0.15, 0.2) is 5.78 Å². The van der Waals surface area contributed by atoms with Crippen LogP contribution in [-0.4, -0.2) is 70.6 Å². The summed E-state index contributed by atoms with van der Waals surface area (Å²) < 4.78 is 17.8. The van der Waals surface area contributed by atoms with Gasteiger partial charge in [0.1, 0.15) is 29.7 Å². The Morgan fingerprint density at radius 2 is 1.70 bits per heavy atom. The molecule has 10 nitrogen and oxygen atoms in total. The Kier molecular flexibility index (Phi) is 8.73. The van der Waals surface area contributed by atoms with Gasteiger partial charge in [0.05, 0.1) is 30.7 Å². The van der Waals surface area contributed by atoms with Gasteiger partial charge in [0.2, 0.25) is 11.8 Å². The lowest BCUT2D eigenvalue weighted by Gasteiger charge is -2.34. The Labute approximate surface area is 253 Å². The standard InChI is InChI=1S/C33H44N4O6/c1-19-28-18-37(30(19)20(2)38)32(39)29(21-10-6-4-7-11-21)36-33(40)43-27-16-22(27)12-8-5-9-13-25-31(42-28)35-26-17-23(41-3)14-15-24(26)34-25/h14-15,17,19,21-22,27-30H,4-13,16,18H2,1-3H3,(H,36,40)/t19-,22-,27-,28+,29+,30+/m1/s1. The normalized spacial score (nSPS) is 30.6. The number of ketones is 1. The molecule has 0 radical (unpaired) electrons. The third kappa shape index (κ3) is 6.43. The molecule has 0 unspecified atom stereocenters. The fourth-order valence-corrected chi connectivity index (χ4v) is 7.37. The highest BCUT2D eigenvalue weighted by atomic mass is 16.6. The summed E-state index contributed by atoms with van der Waals surface area (Å²) in [7, 11) is 1.62. The minimum atomic E-state index is -0.736. The highest BCUT2D eigenvalue weighted by Crippen LogP contribution is 2.39. The maximum Gasteiger partial charge on any atom is 0.408 e. The average Bonchev–Trinajstić information content (AvgIpc) is 3.65. The van der Waals surface area contributed by atoms with Gasteiger partial charge in [-0.15, -0.1) is 0 Å². The number of carbonyl (C=O) groups excluding carboxylic acids is 3. The van der Waals surface area contributed by atoms with Gasteiger partial charge in [0.25, 0.3) is 0 Å². The van der Waals surface area contributed by atoms with Gasteiger partial charge in [-0.25, -0.2) is 14.8 Å². The summed E-state index contributed by atoms with van der Waals surface area (Å²) in [6.07, 6.45) is 9.36. The number of nitrogens with one attached hydrogen (secondary N) is 1. The number of fused-ring (bicyclic) bond motifs is 5. The van der Waals surface area contributed by atoms with E-state index < -0.39 is 24.3 Å². The molecule has 2 saturated carbocycles. The molecule has 3 fully saturated rings. The number of ether oxygens (including phenoxy) is 3. The smallest absolute Gasteiger partial charge is 0.408 e. The molecular formula is C33H44N4O6. The van der Waals surface area contributed by atoms with E-state index in [4.69, 9.17) is 24.2 Å². The van der Waals surface area contributed by atoms with Crippen LogP contribution in [0.4, 0.5) is 4.79 Å². The topological polar surface area (TPSA) is 120 Å². The largest absolute Gasteiger partial charge is 0.497 e. The zero-order valence-electron chi connectivity index (χ0n) is 25.5. The van der Waals surface area contributed by atoms with Crippen molar-refractivity contribution in [3.63, 3.8) is 0 Å². The number of aromatic nitrogens is 2. The van der Waals surface area contributed by atoms with E-state index in [1.807, 2.05) is 25.1 Å². The van der Waals surface area contributed by atoms with Crippen LogP contribution in [0.3, 0.4) is 0 Å². The molecule has 1 aromatic carbocycles. The molecule has 10 heteroatoms. The number of hydrogen-bond acceptors (Lipinski definition) is 8. The molecule has 2 amide bonds. The van der Waals surface area contributed by atoms with Crippen molar-refractivity contribution in [1.82, 2.24) is 20.2 Å². The monoisotopic (exact) mass is 592 g/mol. The van der Waals surface area contributed by atoms with Gasteiger partial charge in [-0.2, -0.15) is 0 Å². The maximum absolute atomic E-state index is 14.3. The van der Waals surface area contributed by atoms with Crippen molar-refractivity contribution in [2.75, 3.05) is 13.7 Å². The molecule has 3 heterocycles. The van der Waals surface area contributed by atoms with Crippen molar-refractivity contribution in [1.29, 1.82) is 0 Å². The highest BCUT2D eigenvalue weighted by Gasteiger charge is 2.49. The van der Waals surface area contributed by atoms with Crippen molar-refractivity contribution in [2.45, 2.75) is 109 Å². The quantitative estimate of drug-likeness (QED) is 0.529. The number of nitrogens with zero attached hydrogens (tertiary/aromatic N) is 3. The summed E-state index contributed by atoms with van der Waals surface area (Å²) in [5.74, 6) is 0.898. The molecule has 232 valence electrons. The summed E-state index contributed by atoms with van der Waals surface area (Å²) in [5.41, 5.74) is 2.23. The number of aryl methyl sites for hydroxylation is 1. The molecule has 2 aromatic rings. The van der Waals surface area contributed by atoms with Crippen LogP contribution >= 0.6 is 0 Å². The van der Waals surface area contributed by atoms with Crippen LogP contribution in [0.15, 0.2) is 18.2 Å². The minimum Gasteiger partial charge on any atom is -0.497 e. The molecule has 6 atom stereocenters. The van der Waals surface area contributed by atoms with Crippen molar-refractivity contribution in [2.24, 2.45) is 17.8 Å². The first-order chi connectivity index (χ1) is 20.8. The van der Waals surface area contributed by atoms with E-state index in [0.29, 0.717) is 29.5 Å². The van der Waals surface area contributed by atoms with Crippen LogP contribution in [0.2, 0.25) is 0 Å². The summed E-state index contributed by atoms with van der Waals surface area (Å²) in [5, 5.41) is 2.96. The Morgan fingerprint density at radius 1 is 0.953 bits per heavy atom. The molecular weight excluding hydrogens is 548 g/mol. The Bertz CT molecular complexity index is 1360. The van der Waals surface area contributed by atoms with Crippen LogP contribution in [0.1, 0.15) is 83.7 Å². The summed E-state index contributed by atoms with van der Waals surface area (Å²) in [6, 6.07) is 4.23. The Morgan fingerprint density at radius 3 is 2.44 bits per heavy atom. The average molecular weight is 593 g/mol. The lowest BCUT2D eigenvalue weighted by atomic mass is 9.83. The second kappa shape index (κ2) is 12.7. The van der Waals surface area contributed by atoms with Gasteiger partial charge in [-0.05, 0) is 69.4 Å². The maximum atomic E-state index is 14.3. The molecule has 2 aliphatic carbocycles. The van der Waals surface area contributed by atoms with Crippen LogP contribution < -0.4 is 14.8 Å². The van der Waals surface area contributed by atoms with E-state index in [2.05, 4.69) is 5.32 Å². The third-order valence-electron chi connectivity index (χ3n) is 9.93. The lowest BCUT2D eigenvalue weighted by molar-refractivity contribution is -0.140. The molecule has 2 bridgehead atoms. The first-order valence-corrected chi connectivity index (χ1v) is 16.1. The first-order valence-electron chi connectivity index (χ1n) is 16.1. The molecule has 4 aliphatic rings. The van der Waals surface area contributed by atoms with E-state index in [1.54, 1.807) is 12.0 Å². The number of alkyl carbamates (subject to hydrolysis) is 1. The third-order valence-corrected chi connectivity index (χ3v) is 9.93. The first kappa shape index (κ1) is 29.6. The van der Waals surface area contributed by atoms with E-state index in [-0.39, 0.29) is 36.2 Å². The number of hydrogen-bond donors (Lipinski definition) is 1. The van der Waals surface area contributed by atoms with Crippen molar-refractivity contribution < 1.29 is 28.6 Å². The van der Waals surface area contributed by atoms with E-state index in [0.717, 1.165) is 75.4 Å². The van der Waals surface area contributed by atoms with E-state index >= 15 is 0 Å². The van der Waals surface area contributed by atoms with Gasteiger partial charge in [0, 0.05) is 12.0 Å². The fourth-order valence-electron chi connectivity index (χ4n) is 7.37. The zero-order chi connectivity index (χ0) is 30.1. The Hall–Kier alpha value is -3.43. The number of methoxy groups -OCH3 is 1. The molecule has 1 aromatic heterocycles. The van der Waals surface area contributed by atoms with Crippen molar-refractivity contribution in [3.8, 4) is 11.6 Å². The number of rotatable bonds is 3. The van der Waals surface area contributed by atoms with Crippen molar-refractivity contribution >= 4 is 28.8 Å². The SMILES string of the molecule is COc1ccc2nc3c(nc2c1)O[C@H]1CN(C(=O)[C@H](C2CCCCC2)NC(=O)O[C@@H]2C[C@H]2CCCCC3)[C@H](C(C)=O)[C@@H]1C. The molecule has 1 saturated heterocycles. The van der Waals surface area contributed by atoms with E-state index in [1.165, 1.54) is 6.92 Å². The molecule has 6 rings (SSSR count). The van der Waals surface area contributed by atoms with Crippen LogP contribution in [0, 0.1) is 17.8 Å². The lowest BCUT2D eigenvalue weighted by Crippen LogP contribution is -2.55. The van der Waals surface area contributed by atoms with Crippen molar-refractivity contribution in [3.05, 3.63) is 23.9 Å². The number of carbonyl (C=O) groups is 3. The highest BCUT2D eigenvalue weighted by molar-refractivity contribution is 5.92. The van der Waals surface area contributed by atoms with E-state index in [9.17, 15) is 14.4 Å². The molecule has 0 spiro atoms. The number of Topliss-reactive ketones (excluding diaryl/α,β-unsaturated/α-hetero) is 1. The zero-order valence-corrected chi connectivity index (χ0v) is 25.5. The molecule has 43 heavy (non-hydrogen) atoms. The predicted octanol–water partition coefficient (Wildman–Crippen LogP) is 5.00. The van der Waals surface area contributed by atoms with Crippen LogP contribution in [0.5, 0.6) is 11.6 Å². The second-order valence-corrected chi connectivity index (χ2v) is 13.0. The van der Waals surface area contributed by atoms with Gasteiger partial charge < -0.3 is 24.4 Å². The van der Waals surface area contributed by atoms with Gasteiger partial charge in [-0.3, -0.25) is 9.59 Å². The second-order valence-electron chi connectivity index (χ2n) is 13.0. The van der Waals surface area contributed by atoms with Crippen LogP contribution in [-0.2, 0) is 20.7 Å². The molecule has 2 aliphatic heterocycles. The summed E-state index contributed by atoms with van der Waals surface area (Å²) in [6.45, 7) is 3.71. The fraction of sp³-hybridized carbons (Fsp3) is 0.667. The predicted molar refractivity (Wildman–Crippen MR) is 160 cm³/mol. The van der Waals surface area contributed by atoms with Gasteiger partial charge >= 0.3 is 6.09 Å². The Balaban J connectivity index is 1.34.